The van der Waals surface area contributed by atoms with E-state index in [0.717, 1.165) is 25.2 Å². The smallest absolute Gasteiger partial charge is 0.230 e. The van der Waals surface area contributed by atoms with Crippen LogP contribution in [0.5, 0.6) is 0 Å². The highest BCUT2D eigenvalue weighted by atomic mass is 32.2. The zero-order chi connectivity index (χ0) is 23.3. The molecule has 1 unspecified atom stereocenters. The number of hydrogen-bond donors (Lipinski definition) is 2. The summed E-state index contributed by atoms with van der Waals surface area (Å²) in [4.78, 5) is 14.7. The predicted octanol–water partition coefficient (Wildman–Crippen LogP) is 2.52. The maximum Gasteiger partial charge on any atom is 0.230 e. The number of ether oxygens (including phenoxy) is 1. The number of aromatic nitrogens is 3. The zero-order valence-electron chi connectivity index (χ0n) is 19.8. The lowest BCUT2D eigenvalue weighted by atomic mass is 9.87. The molecule has 1 aliphatic rings. The fourth-order valence-corrected chi connectivity index (χ4v) is 4.37. The van der Waals surface area contributed by atoms with Crippen molar-refractivity contribution in [1.82, 2.24) is 25.1 Å². The summed E-state index contributed by atoms with van der Waals surface area (Å²) in [7, 11) is 0. The molecular formula is C23H36N6O2S. The molecule has 0 saturated carbocycles. The maximum absolute atomic E-state index is 12.3. The molecule has 0 radical (unpaired) electrons. The number of nitrogens with zero attached hydrogens (tertiary/aromatic N) is 4. The number of hydrogen-bond acceptors (Lipinski definition) is 7. The average molecular weight is 461 g/mol. The molecule has 0 bridgehead atoms. The van der Waals surface area contributed by atoms with Crippen LogP contribution in [0.4, 0.5) is 0 Å². The van der Waals surface area contributed by atoms with Gasteiger partial charge in [-0.15, -0.1) is 10.2 Å². The normalized spacial score (nSPS) is 17.6. The van der Waals surface area contributed by atoms with Crippen LogP contribution in [-0.2, 0) is 14.9 Å². The van der Waals surface area contributed by atoms with Crippen molar-refractivity contribution in [1.29, 1.82) is 0 Å². The number of rotatable bonds is 8. The Morgan fingerprint density at radius 2 is 2.00 bits per heavy atom. The van der Waals surface area contributed by atoms with Gasteiger partial charge in [0.1, 0.15) is 0 Å². The third-order valence-corrected chi connectivity index (χ3v) is 6.32. The van der Waals surface area contributed by atoms with Crippen LogP contribution in [0.3, 0.4) is 0 Å². The van der Waals surface area contributed by atoms with Gasteiger partial charge in [-0.1, -0.05) is 70.6 Å². The van der Waals surface area contributed by atoms with Gasteiger partial charge in [0, 0.05) is 31.7 Å². The highest BCUT2D eigenvalue weighted by Crippen LogP contribution is 2.26. The molecule has 1 aromatic carbocycles. The molecule has 0 aliphatic carbocycles. The molecule has 3 N–H and O–H groups in total. The molecular weight excluding hydrogens is 424 g/mol. The van der Waals surface area contributed by atoms with Crippen molar-refractivity contribution in [3.63, 3.8) is 0 Å². The van der Waals surface area contributed by atoms with E-state index in [-0.39, 0.29) is 23.2 Å². The number of nitrogen functional groups attached to an aromatic ring is 1. The van der Waals surface area contributed by atoms with Crippen LogP contribution >= 0.6 is 11.8 Å². The van der Waals surface area contributed by atoms with E-state index in [1.54, 1.807) is 0 Å². The van der Waals surface area contributed by atoms with Gasteiger partial charge < -0.3 is 15.9 Å². The van der Waals surface area contributed by atoms with Gasteiger partial charge in [-0.3, -0.25) is 9.69 Å². The van der Waals surface area contributed by atoms with E-state index in [2.05, 4.69) is 67.2 Å². The van der Waals surface area contributed by atoms with Crippen molar-refractivity contribution in [3.8, 4) is 11.4 Å². The lowest BCUT2D eigenvalue weighted by molar-refractivity contribution is -0.119. The van der Waals surface area contributed by atoms with Crippen molar-refractivity contribution in [2.75, 3.05) is 44.4 Å². The number of benzene rings is 1. The van der Waals surface area contributed by atoms with Crippen LogP contribution < -0.4 is 11.2 Å². The maximum atomic E-state index is 12.3. The second kappa shape index (κ2) is 10.7. The highest BCUT2D eigenvalue weighted by Gasteiger charge is 2.22. The quantitative estimate of drug-likeness (QED) is 0.461. The summed E-state index contributed by atoms with van der Waals surface area (Å²) in [5, 5.41) is 11.9. The lowest BCUT2D eigenvalue weighted by Gasteiger charge is -2.33. The number of carbonyl (C=O) groups excluding carboxylic acids is 1. The minimum absolute atomic E-state index is 0.0253. The Bertz CT molecular complexity index is 891. The lowest BCUT2D eigenvalue weighted by Crippen LogP contribution is -2.48. The van der Waals surface area contributed by atoms with Gasteiger partial charge in [-0.05, 0) is 16.9 Å². The first-order chi connectivity index (χ1) is 15.1. The first-order valence-corrected chi connectivity index (χ1v) is 12.2. The largest absolute Gasteiger partial charge is 0.374 e. The van der Waals surface area contributed by atoms with Gasteiger partial charge in [-0.2, -0.15) is 0 Å². The summed E-state index contributed by atoms with van der Waals surface area (Å²) >= 11 is 1.27. The molecule has 2 aromatic rings. The van der Waals surface area contributed by atoms with Crippen molar-refractivity contribution in [2.24, 2.45) is 5.92 Å². The predicted molar refractivity (Wildman–Crippen MR) is 129 cm³/mol. The Kier molecular flexibility index (Phi) is 8.19. The molecule has 1 aliphatic heterocycles. The molecule has 3 rings (SSSR count). The van der Waals surface area contributed by atoms with Crippen molar-refractivity contribution < 1.29 is 9.53 Å². The van der Waals surface area contributed by atoms with Gasteiger partial charge in [0.15, 0.2) is 5.82 Å². The number of carbonyl (C=O) groups is 1. The minimum Gasteiger partial charge on any atom is -0.374 e. The molecule has 2 heterocycles. The highest BCUT2D eigenvalue weighted by molar-refractivity contribution is 7.99. The van der Waals surface area contributed by atoms with E-state index in [0.29, 0.717) is 30.1 Å². The number of morpholine rings is 1. The summed E-state index contributed by atoms with van der Waals surface area (Å²) in [6, 6.07) is 8.17. The minimum atomic E-state index is -0.0707. The molecule has 0 spiro atoms. The second-order valence-corrected chi connectivity index (χ2v) is 10.7. The van der Waals surface area contributed by atoms with E-state index in [1.165, 1.54) is 22.0 Å². The van der Waals surface area contributed by atoms with E-state index < -0.39 is 0 Å². The molecule has 9 heteroatoms. The topological polar surface area (TPSA) is 98.3 Å². The van der Waals surface area contributed by atoms with Gasteiger partial charge >= 0.3 is 0 Å². The van der Waals surface area contributed by atoms with Gasteiger partial charge in [-0.25, -0.2) is 4.68 Å². The third kappa shape index (κ3) is 6.70. The monoisotopic (exact) mass is 460 g/mol. The average Bonchev–Trinajstić information content (AvgIpc) is 3.10. The fraction of sp³-hybridized carbons (Fsp3) is 0.609. The van der Waals surface area contributed by atoms with E-state index in [1.807, 2.05) is 12.1 Å². The molecule has 1 saturated heterocycles. The van der Waals surface area contributed by atoms with Gasteiger partial charge in [0.05, 0.1) is 18.5 Å². The first kappa shape index (κ1) is 24.5. The van der Waals surface area contributed by atoms with E-state index >= 15 is 0 Å². The summed E-state index contributed by atoms with van der Waals surface area (Å²) in [6.07, 6.45) is 0.0253. The number of thioether (sulfide) groups is 1. The molecule has 1 fully saturated rings. The van der Waals surface area contributed by atoms with Crippen LogP contribution in [0, 0.1) is 5.92 Å². The molecule has 32 heavy (non-hydrogen) atoms. The van der Waals surface area contributed by atoms with Gasteiger partial charge in [0.2, 0.25) is 11.1 Å². The van der Waals surface area contributed by atoms with Crippen LogP contribution in [0.2, 0.25) is 0 Å². The van der Waals surface area contributed by atoms with Crippen molar-refractivity contribution in [3.05, 3.63) is 29.8 Å². The Morgan fingerprint density at radius 1 is 1.28 bits per heavy atom. The van der Waals surface area contributed by atoms with E-state index in [4.69, 9.17) is 10.6 Å². The van der Waals surface area contributed by atoms with Crippen molar-refractivity contribution >= 4 is 17.7 Å². The summed E-state index contributed by atoms with van der Waals surface area (Å²) in [6.45, 7) is 15.0. The standard InChI is InChI=1S/C23H36N6O2S/c1-16(2)13-28-10-11-31-19(14-28)12-25-20(30)15-32-22-27-26-21(29(22)24)17-6-8-18(9-7-17)23(3,4)5/h6-9,16,19H,10-15,24H2,1-5H3,(H,25,30). The van der Waals surface area contributed by atoms with Crippen LogP contribution in [-0.4, -0.2) is 70.3 Å². The Morgan fingerprint density at radius 3 is 2.66 bits per heavy atom. The zero-order valence-corrected chi connectivity index (χ0v) is 20.6. The molecule has 1 atom stereocenters. The Hall–Kier alpha value is -2.10. The molecule has 8 nitrogen and oxygen atoms in total. The Labute approximate surface area is 195 Å². The first-order valence-electron chi connectivity index (χ1n) is 11.2. The van der Waals surface area contributed by atoms with Crippen LogP contribution in [0.25, 0.3) is 11.4 Å². The summed E-state index contributed by atoms with van der Waals surface area (Å²) < 4.78 is 7.24. The Balaban J connectivity index is 1.49. The van der Waals surface area contributed by atoms with Gasteiger partial charge in [0.25, 0.3) is 0 Å². The van der Waals surface area contributed by atoms with Crippen LogP contribution in [0.1, 0.15) is 40.2 Å². The third-order valence-electron chi connectivity index (χ3n) is 5.38. The van der Waals surface area contributed by atoms with E-state index in [9.17, 15) is 4.79 Å². The number of nitrogens with one attached hydrogen (secondary N) is 1. The second-order valence-electron chi connectivity index (χ2n) is 9.74. The molecule has 1 aromatic heterocycles. The molecule has 1 amide bonds. The summed E-state index contributed by atoms with van der Waals surface area (Å²) in [5.74, 6) is 7.56. The molecule has 176 valence electrons. The number of amides is 1. The summed E-state index contributed by atoms with van der Waals surface area (Å²) in [5.41, 5.74) is 2.22. The SMILES string of the molecule is CC(C)CN1CCOC(CNC(=O)CSc2nnc(-c3ccc(C(C)(C)C)cc3)n2N)C1. The van der Waals surface area contributed by atoms with Crippen molar-refractivity contribution in [2.45, 2.75) is 51.3 Å². The number of nitrogens with two attached hydrogens (primary N) is 1. The van der Waals surface area contributed by atoms with Crippen LogP contribution in [0.15, 0.2) is 29.4 Å². The fourth-order valence-electron chi connectivity index (χ4n) is 3.69.